The van der Waals surface area contributed by atoms with Gasteiger partial charge in [-0.3, -0.25) is 4.57 Å². The quantitative estimate of drug-likeness (QED) is 0.855. The topological polar surface area (TPSA) is 98.2 Å². The van der Waals surface area contributed by atoms with Crippen molar-refractivity contribution in [1.82, 2.24) is 14.7 Å². The molecule has 2 heterocycles. The van der Waals surface area contributed by atoms with Crippen LogP contribution in [0.1, 0.15) is 27.6 Å². The number of carboxylic acid groups (broad SMARTS) is 1. The van der Waals surface area contributed by atoms with E-state index < -0.39 is 11.7 Å². The minimum Gasteiger partial charge on any atom is -0.476 e. The van der Waals surface area contributed by atoms with Crippen molar-refractivity contribution in [1.29, 1.82) is 0 Å². The number of carboxylic acids is 1. The van der Waals surface area contributed by atoms with Crippen molar-refractivity contribution in [3.63, 3.8) is 0 Å². The molecular weight excluding hydrogens is 238 g/mol. The lowest BCUT2D eigenvalue weighted by Gasteiger charge is -2.06. The van der Waals surface area contributed by atoms with E-state index in [2.05, 4.69) is 10.1 Å². The molecule has 0 radical (unpaired) electrons. The first kappa shape index (κ1) is 12.0. The molecule has 0 fully saturated rings. The zero-order chi connectivity index (χ0) is 13.3. The summed E-state index contributed by atoms with van der Waals surface area (Å²) >= 11 is 0. The summed E-state index contributed by atoms with van der Waals surface area (Å²) in [5.74, 6) is -0.876. The lowest BCUT2D eigenvalue weighted by atomic mass is 10.3. The molecule has 0 aliphatic heterocycles. The third-order valence-electron chi connectivity index (χ3n) is 2.44. The molecule has 2 rings (SSSR count). The summed E-state index contributed by atoms with van der Waals surface area (Å²) in [6.45, 7) is 3.61. The van der Waals surface area contributed by atoms with Gasteiger partial charge in [-0.15, -0.1) is 0 Å². The van der Waals surface area contributed by atoms with Gasteiger partial charge in [0.15, 0.2) is 11.5 Å². The predicted molar refractivity (Wildman–Crippen MR) is 60.5 cm³/mol. The molecule has 2 aromatic heterocycles. The Bertz CT molecular complexity index is 657. The first-order valence-corrected chi connectivity index (χ1v) is 5.21. The van der Waals surface area contributed by atoms with E-state index in [-0.39, 0.29) is 12.2 Å². The van der Waals surface area contributed by atoms with Crippen LogP contribution >= 0.6 is 0 Å². The summed E-state index contributed by atoms with van der Waals surface area (Å²) in [6.07, 6.45) is 0. The molecule has 7 nitrogen and oxygen atoms in total. The van der Waals surface area contributed by atoms with Crippen molar-refractivity contribution < 1.29 is 14.4 Å². The van der Waals surface area contributed by atoms with E-state index in [1.165, 1.54) is 10.6 Å². The molecule has 0 saturated carbocycles. The van der Waals surface area contributed by atoms with Crippen LogP contribution in [-0.2, 0) is 6.54 Å². The first-order chi connectivity index (χ1) is 8.47. The second kappa shape index (κ2) is 4.44. The Morgan fingerprint density at radius 1 is 1.44 bits per heavy atom. The van der Waals surface area contributed by atoms with Gasteiger partial charge in [-0.2, -0.15) is 4.98 Å². The van der Waals surface area contributed by atoms with E-state index in [9.17, 15) is 9.59 Å². The zero-order valence-electron chi connectivity index (χ0n) is 9.88. The van der Waals surface area contributed by atoms with Crippen LogP contribution in [0.2, 0.25) is 0 Å². The molecule has 2 aromatic rings. The molecule has 94 valence electrons. The van der Waals surface area contributed by atoms with Gasteiger partial charge >= 0.3 is 11.7 Å². The first-order valence-electron chi connectivity index (χ1n) is 5.21. The van der Waals surface area contributed by atoms with E-state index >= 15 is 0 Å². The fourth-order valence-corrected chi connectivity index (χ4v) is 1.61. The Kier molecular flexibility index (Phi) is 2.97. The standard InChI is InChI=1S/C11H11N3O4/c1-6-3-7(2)14(11(17)12-6)5-8-4-9(10(15)16)13-18-8/h3-4H,5H2,1-2H3,(H,15,16). The number of rotatable bonds is 3. The van der Waals surface area contributed by atoms with Crippen LogP contribution in [0.15, 0.2) is 21.5 Å². The minimum atomic E-state index is -1.17. The third-order valence-corrected chi connectivity index (χ3v) is 2.44. The van der Waals surface area contributed by atoms with Crippen molar-refractivity contribution >= 4 is 5.97 Å². The normalized spacial score (nSPS) is 10.6. The Labute approximate surface area is 102 Å². The van der Waals surface area contributed by atoms with Gasteiger partial charge in [0.1, 0.15) is 0 Å². The number of aromatic carboxylic acids is 1. The molecule has 0 aliphatic rings. The molecule has 18 heavy (non-hydrogen) atoms. The molecule has 0 saturated heterocycles. The van der Waals surface area contributed by atoms with Gasteiger partial charge in [-0.25, -0.2) is 9.59 Å². The van der Waals surface area contributed by atoms with Crippen LogP contribution in [-0.4, -0.2) is 25.8 Å². The summed E-state index contributed by atoms with van der Waals surface area (Å²) in [5, 5.41) is 12.1. The van der Waals surface area contributed by atoms with Crippen molar-refractivity contribution in [2.24, 2.45) is 0 Å². The molecule has 0 atom stereocenters. The van der Waals surface area contributed by atoms with Crippen molar-refractivity contribution in [2.75, 3.05) is 0 Å². The Hall–Kier alpha value is -2.44. The van der Waals surface area contributed by atoms with E-state index in [0.29, 0.717) is 11.5 Å². The Morgan fingerprint density at radius 2 is 2.17 bits per heavy atom. The number of aromatic nitrogens is 3. The molecular formula is C11H11N3O4. The number of nitrogens with zero attached hydrogens (tertiary/aromatic N) is 3. The lowest BCUT2D eigenvalue weighted by molar-refractivity contribution is 0.0685. The van der Waals surface area contributed by atoms with Crippen LogP contribution in [0.5, 0.6) is 0 Å². The van der Waals surface area contributed by atoms with Crippen LogP contribution in [0.3, 0.4) is 0 Å². The summed E-state index contributed by atoms with van der Waals surface area (Å²) in [4.78, 5) is 26.1. The molecule has 1 N–H and O–H groups in total. The average molecular weight is 249 g/mol. The van der Waals surface area contributed by atoms with E-state index in [1.807, 2.05) is 0 Å². The van der Waals surface area contributed by atoms with Crippen molar-refractivity contribution in [3.8, 4) is 0 Å². The number of carbonyl (C=O) groups is 1. The second-order valence-corrected chi connectivity index (χ2v) is 3.89. The zero-order valence-corrected chi connectivity index (χ0v) is 9.88. The Balaban J connectivity index is 2.34. The van der Waals surface area contributed by atoms with Gasteiger partial charge in [0.25, 0.3) is 0 Å². The fourth-order valence-electron chi connectivity index (χ4n) is 1.61. The highest BCUT2D eigenvalue weighted by molar-refractivity contribution is 5.85. The van der Waals surface area contributed by atoms with Crippen LogP contribution < -0.4 is 5.69 Å². The molecule has 0 aliphatic carbocycles. The van der Waals surface area contributed by atoms with Gasteiger partial charge < -0.3 is 9.63 Å². The molecule has 7 heteroatoms. The van der Waals surface area contributed by atoms with E-state index in [1.54, 1.807) is 19.9 Å². The van der Waals surface area contributed by atoms with Crippen LogP contribution in [0.25, 0.3) is 0 Å². The smallest absolute Gasteiger partial charge is 0.358 e. The predicted octanol–water partition coefficient (Wildman–Crippen LogP) is 0.595. The highest BCUT2D eigenvalue weighted by Gasteiger charge is 2.12. The monoisotopic (exact) mass is 249 g/mol. The molecule has 0 unspecified atom stereocenters. The van der Waals surface area contributed by atoms with E-state index in [4.69, 9.17) is 9.63 Å². The van der Waals surface area contributed by atoms with Gasteiger partial charge in [-0.1, -0.05) is 5.16 Å². The number of aryl methyl sites for hydroxylation is 2. The maximum Gasteiger partial charge on any atom is 0.358 e. The largest absolute Gasteiger partial charge is 0.476 e. The van der Waals surface area contributed by atoms with Crippen molar-refractivity contribution in [2.45, 2.75) is 20.4 Å². The highest BCUT2D eigenvalue weighted by atomic mass is 16.5. The molecule has 0 amide bonds. The van der Waals surface area contributed by atoms with Crippen molar-refractivity contribution in [3.05, 3.63) is 45.5 Å². The summed E-state index contributed by atoms with van der Waals surface area (Å²) in [5.41, 5.74) is 0.773. The molecule has 0 bridgehead atoms. The number of hydrogen-bond acceptors (Lipinski definition) is 5. The fraction of sp³-hybridized carbons (Fsp3) is 0.273. The summed E-state index contributed by atoms with van der Waals surface area (Å²) in [6, 6.07) is 3.05. The molecule has 0 spiro atoms. The average Bonchev–Trinajstić information content (AvgIpc) is 2.71. The lowest BCUT2D eigenvalue weighted by Crippen LogP contribution is -2.25. The van der Waals surface area contributed by atoms with Gasteiger partial charge in [-0.05, 0) is 19.9 Å². The summed E-state index contributed by atoms with van der Waals surface area (Å²) < 4.78 is 6.24. The maximum atomic E-state index is 11.7. The van der Waals surface area contributed by atoms with Gasteiger partial charge in [0, 0.05) is 17.5 Å². The number of hydrogen-bond donors (Lipinski definition) is 1. The molecule has 0 aromatic carbocycles. The van der Waals surface area contributed by atoms with Gasteiger partial charge in [0.2, 0.25) is 0 Å². The van der Waals surface area contributed by atoms with E-state index in [0.717, 1.165) is 5.69 Å². The second-order valence-electron chi connectivity index (χ2n) is 3.89. The maximum absolute atomic E-state index is 11.7. The third kappa shape index (κ3) is 2.29. The summed E-state index contributed by atoms with van der Waals surface area (Å²) in [7, 11) is 0. The highest BCUT2D eigenvalue weighted by Crippen LogP contribution is 2.06. The Morgan fingerprint density at radius 3 is 2.72 bits per heavy atom. The SMILES string of the molecule is Cc1cc(C)n(Cc2cc(C(=O)O)no2)c(=O)n1. The van der Waals surface area contributed by atoms with Crippen LogP contribution in [0.4, 0.5) is 0 Å². The van der Waals surface area contributed by atoms with Crippen LogP contribution in [0, 0.1) is 13.8 Å². The van der Waals surface area contributed by atoms with Gasteiger partial charge in [0.05, 0.1) is 6.54 Å². The minimum absolute atomic E-state index is 0.109.